The molecule has 1 aromatic carbocycles. The summed E-state index contributed by atoms with van der Waals surface area (Å²) in [4.78, 5) is 16.0. The van der Waals surface area contributed by atoms with Crippen molar-refractivity contribution >= 4 is 27.7 Å². The van der Waals surface area contributed by atoms with Crippen molar-refractivity contribution in [1.82, 2.24) is 10.3 Å². The van der Waals surface area contributed by atoms with Crippen LogP contribution in [-0.2, 0) is 27.4 Å². The molecule has 1 heterocycles. The van der Waals surface area contributed by atoms with E-state index in [-0.39, 0.29) is 11.4 Å². The fourth-order valence-corrected chi connectivity index (χ4v) is 3.52. The topological polar surface area (TPSA) is 88.2 Å². The molecule has 0 aliphatic rings. The molecule has 0 radical (unpaired) electrons. The first kappa shape index (κ1) is 26.3. The molecule has 0 aliphatic carbocycles. The number of unbranched alkanes of at least 4 members (excludes halogenated alkanes) is 1. The number of carbonyl (C=O) groups is 1. The van der Waals surface area contributed by atoms with Gasteiger partial charge in [-0.1, -0.05) is 25.5 Å². The highest BCUT2D eigenvalue weighted by molar-refractivity contribution is 7.92. The molecule has 2 rings (SSSR count). The molecule has 0 bridgehead atoms. The van der Waals surface area contributed by atoms with Crippen LogP contribution in [0, 0.1) is 5.82 Å². The predicted octanol–water partition coefficient (Wildman–Crippen LogP) is 4.84. The molecule has 2 N–H and O–H groups in total. The molecule has 0 aliphatic heterocycles. The third-order valence-electron chi connectivity index (χ3n) is 4.63. The maximum absolute atomic E-state index is 14.2. The van der Waals surface area contributed by atoms with Crippen molar-refractivity contribution < 1.29 is 30.8 Å². The van der Waals surface area contributed by atoms with Crippen LogP contribution in [0.1, 0.15) is 55.2 Å². The molecule has 2 aromatic rings. The predicted molar refractivity (Wildman–Crippen MR) is 118 cm³/mol. The van der Waals surface area contributed by atoms with Crippen LogP contribution in [0.4, 0.5) is 23.2 Å². The number of nitrogens with one attached hydrogen (secondary N) is 2. The molecular formula is C22H25F4N3O3S. The second kappa shape index (κ2) is 10.8. The molecule has 180 valence electrons. The maximum atomic E-state index is 14.2. The quantitative estimate of drug-likeness (QED) is 0.391. The lowest BCUT2D eigenvalue weighted by atomic mass is 10.1. The van der Waals surface area contributed by atoms with Gasteiger partial charge >= 0.3 is 6.18 Å². The van der Waals surface area contributed by atoms with Gasteiger partial charge in [-0.25, -0.2) is 17.8 Å². The van der Waals surface area contributed by atoms with Crippen LogP contribution in [0.25, 0.3) is 6.08 Å². The number of aryl methyl sites for hydroxylation is 1. The highest BCUT2D eigenvalue weighted by Gasteiger charge is 2.32. The first-order valence-electron chi connectivity index (χ1n) is 10.1. The van der Waals surface area contributed by atoms with Gasteiger partial charge in [-0.05, 0) is 55.2 Å². The standard InChI is InChI=1S/C22H25F4N3O3S/c1-4-5-6-18-15(8-11-20(28-18)22(24,25)26)9-12-21(30)27-14(2)16-7-10-19(17(23)13-16)29-33(3,31)32/h7-14,29H,4-6H2,1-3H3,(H,27,30). The fourth-order valence-electron chi connectivity index (χ4n) is 2.96. The van der Waals surface area contributed by atoms with E-state index in [4.69, 9.17) is 0 Å². The Morgan fingerprint density at radius 3 is 2.48 bits per heavy atom. The highest BCUT2D eigenvalue weighted by Crippen LogP contribution is 2.29. The zero-order valence-electron chi connectivity index (χ0n) is 18.3. The van der Waals surface area contributed by atoms with E-state index in [0.717, 1.165) is 24.8 Å². The number of hydrogen-bond acceptors (Lipinski definition) is 4. The summed E-state index contributed by atoms with van der Waals surface area (Å²) in [5.41, 5.74) is -0.150. The van der Waals surface area contributed by atoms with Gasteiger partial charge in [0.15, 0.2) is 0 Å². The van der Waals surface area contributed by atoms with Crippen molar-refractivity contribution in [3.63, 3.8) is 0 Å². The Balaban J connectivity index is 2.13. The molecule has 1 atom stereocenters. The number of rotatable bonds is 9. The minimum atomic E-state index is -4.56. The van der Waals surface area contributed by atoms with E-state index in [0.29, 0.717) is 24.0 Å². The molecule has 1 aromatic heterocycles. The van der Waals surface area contributed by atoms with E-state index in [2.05, 4.69) is 15.0 Å². The van der Waals surface area contributed by atoms with E-state index in [1.54, 1.807) is 6.92 Å². The maximum Gasteiger partial charge on any atom is 0.433 e. The lowest BCUT2D eigenvalue weighted by Gasteiger charge is -2.15. The molecule has 0 spiro atoms. The number of benzene rings is 1. The van der Waals surface area contributed by atoms with Crippen LogP contribution in [0.5, 0.6) is 0 Å². The Hall–Kier alpha value is -2.95. The van der Waals surface area contributed by atoms with E-state index in [1.165, 1.54) is 30.4 Å². The van der Waals surface area contributed by atoms with Gasteiger partial charge in [0, 0.05) is 11.8 Å². The average Bonchev–Trinajstić information content (AvgIpc) is 2.70. The lowest BCUT2D eigenvalue weighted by molar-refractivity contribution is -0.141. The Kier molecular flexibility index (Phi) is 8.59. The second-order valence-corrected chi connectivity index (χ2v) is 9.26. The zero-order valence-corrected chi connectivity index (χ0v) is 19.1. The molecule has 1 unspecified atom stereocenters. The summed E-state index contributed by atoms with van der Waals surface area (Å²) in [6.07, 6.45) is 0.659. The summed E-state index contributed by atoms with van der Waals surface area (Å²) in [7, 11) is -3.64. The molecule has 33 heavy (non-hydrogen) atoms. The van der Waals surface area contributed by atoms with Crippen molar-refractivity contribution in [1.29, 1.82) is 0 Å². The number of amides is 1. The number of aromatic nitrogens is 1. The van der Waals surface area contributed by atoms with E-state index in [1.807, 2.05) is 6.92 Å². The number of alkyl halides is 3. The van der Waals surface area contributed by atoms with Crippen LogP contribution in [0.3, 0.4) is 0 Å². The Morgan fingerprint density at radius 2 is 1.91 bits per heavy atom. The van der Waals surface area contributed by atoms with Gasteiger partial charge in [0.2, 0.25) is 15.9 Å². The third-order valence-corrected chi connectivity index (χ3v) is 5.22. The van der Waals surface area contributed by atoms with Crippen LogP contribution < -0.4 is 10.0 Å². The summed E-state index contributed by atoms with van der Waals surface area (Å²) in [5.74, 6) is -1.34. The molecule has 0 saturated heterocycles. The van der Waals surface area contributed by atoms with Gasteiger partial charge in [-0.2, -0.15) is 13.2 Å². The largest absolute Gasteiger partial charge is 0.433 e. The van der Waals surface area contributed by atoms with Crippen LogP contribution in [0.15, 0.2) is 36.4 Å². The van der Waals surface area contributed by atoms with E-state index < -0.39 is 39.7 Å². The number of anilines is 1. The zero-order chi connectivity index (χ0) is 24.8. The van der Waals surface area contributed by atoms with Crippen LogP contribution in [0.2, 0.25) is 0 Å². The Morgan fingerprint density at radius 1 is 1.21 bits per heavy atom. The van der Waals surface area contributed by atoms with Crippen molar-refractivity contribution in [3.05, 3.63) is 64.7 Å². The minimum Gasteiger partial charge on any atom is -0.346 e. The number of halogens is 4. The van der Waals surface area contributed by atoms with Crippen molar-refractivity contribution in [3.8, 4) is 0 Å². The van der Waals surface area contributed by atoms with E-state index in [9.17, 15) is 30.8 Å². The Bertz CT molecular complexity index is 1130. The number of nitrogens with zero attached hydrogens (tertiary/aromatic N) is 1. The smallest absolute Gasteiger partial charge is 0.346 e. The van der Waals surface area contributed by atoms with Crippen LogP contribution >= 0.6 is 0 Å². The van der Waals surface area contributed by atoms with Gasteiger partial charge in [-0.3, -0.25) is 9.52 Å². The summed E-state index contributed by atoms with van der Waals surface area (Å²) < 4.78 is 77.6. The molecular weight excluding hydrogens is 462 g/mol. The number of sulfonamides is 1. The van der Waals surface area contributed by atoms with Gasteiger partial charge in [0.1, 0.15) is 11.5 Å². The normalized spacial score (nSPS) is 13.2. The minimum absolute atomic E-state index is 0.214. The summed E-state index contributed by atoms with van der Waals surface area (Å²) in [5, 5.41) is 2.63. The molecule has 0 fully saturated rings. The highest BCUT2D eigenvalue weighted by atomic mass is 32.2. The average molecular weight is 488 g/mol. The number of pyridine rings is 1. The summed E-state index contributed by atoms with van der Waals surface area (Å²) >= 11 is 0. The fraction of sp³-hybridized carbons (Fsp3) is 0.364. The molecule has 6 nitrogen and oxygen atoms in total. The van der Waals surface area contributed by atoms with Crippen molar-refractivity contribution in [2.24, 2.45) is 0 Å². The van der Waals surface area contributed by atoms with Gasteiger partial charge < -0.3 is 5.32 Å². The van der Waals surface area contributed by atoms with Crippen LogP contribution in [-0.4, -0.2) is 25.6 Å². The van der Waals surface area contributed by atoms with Gasteiger partial charge in [0.25, 0.3) is 0 Å². The van der Waals surface area contributed by atoms with Gasteiger partial charge in [0.05, 0.1) is 18.0 Å². The SMILES string of the molecule is CCCCc1nc(C(F)(F)F)ccc1C=CC(=O)NC(C)c1ccc(NS(C)(=O)=O)c(F)c1. The molecule has 11 heteroatoms. The number of carbonyl (C=O) groups excluding carboxylic acids is 1. The molecule has 0 saturated carbocycles. The first-order valence-corrected chi connectivity index (χ1v) is 12.0. The van der Waals surface area contributed by atoms with E-state index >= 15 is 0 Å². The first-order chi connectivity index (χ1) is 15.3. The van der Waals surface area contributed by atoms with Crippen molar-refractivity contribution in [2.75, 3.05) is 11.0 Å². The van der Waals surface area contributed by atoms with Gasteiger partial charge in [-0.15, -0.1) is 0 Å². The lowest BCUT2D eigenvalue weighted by Crippen LogP contribution is -2.24. The Labute approximate surface area is 190 Å². The second-order valence-electron chi connectivity index (χ2n) is 7.51. The summed E-state index contributed by atoms with van der Waals surface area (Å²) in [6.45, 7) is 3.51. The summed E-state index contributed by atoms with van der Waals surface area (Å²) in [6, 6.07) is 5.34. The van der Waals surface area contributed by atoms with Crippen molar-refractivity contribution in [2.45, 2.75) is 45.3 Å². The number of hydrogen-bond donors (Lipinski definition) is 2. The monoisotopic (exact) mass is 487 g/mol. The third kappa shape index (κ3) is 8.16. The molecule has 1 amide bonds.